The van der Waals surface area contributed by atoms with Crippen molar-refractivity contribution < 1.29 is 9.47 Å². The summed E-state index contributed by atoms with van der Waals surface area (Å²) in [6.45, 7) is 4.25. The fraction of sp³-hybridized carbons (Fsp3) is 0.900. The van der Waals surface area contributed by atoms with Crippen molar-refractivity contribution in [1.82, 2.24) is 10.7 Å². The molecule has 0 amide bonds. The number of guanidine groups is 1. The topological polar surface area (TPSA) is 80.9 Å². The quantitative estimate of drug-likeness (QED) is 0.197. The predicted octanol–water partition coefficient (Wildman–Crippen LogP) is -0.391. The maximum absolute atomic E-state index is 5.45. The van der Waals surface area contributed by atoms with Gasteiger partial charge in [-0.2, -0.15) is 0 Å². The van der Waals surface area contributed by atoms with Gasteiger partial charge in [0.05, 0.1) is 12.1 Å². The molecular weight excluding hydrogens is 208 g/mol. The van der Waals surface area contributed by atoms with Crippen molar-refractivity contribution in [3.05, 3.63) is 0 Å². The van der Waals surface area contributed by atoms with E-state index in [1.165, 1.54) is 0 Å². The van der Waals surface area contributed by atoms with Crippen LogP contribution < -0.4 is 16.6 Å². The monoisotopic (exact) mass is 230 g/mol. The number of nitrogens with zero attached hydrogens (tertiary/aromatic N) is 1. The first-order chi connectivity index (χ1) is 7.77. The Hall–Kier alpha value is -0.850. The van der Waals surface area contributed by atoms with Gasteiger partial charge in [0.25, 0.3) is 0 Å². The van der Waals surface area contributed by atoms with Crippen molar-refractivity contribution in [3.63, 3.8) is 0 Å². The fourth-order valence-electron chi connectivity index (χ4n) is 1.63. The molecule has 1 rings (SSSR count). The second-order valence-corrected chi connectivity index (χ2v) is 3.84. The number of aliphatic imine (C=N–C) groups is 1. The molecular formula is C10H22N4O2. The summed E-state index contributed by atoms with van der Waals surface area (Å²) in [6.07, 6.45) is 2.08. The highest BCUT2D eigenvalue weighted by atomic mass is 16.5. The lowest BCUT2D eigenvalue weighted by Gasteiger charge is -2.18. The van der Waals surface area contributed by atoms with Crippen molar-refractivity contribution in [2.45, 2.75) is 31.9 Å². The molecule has 0 aromatic heterocycles. The van der Waals surface area contributed by atoms with E-state index >= 15 is 0 Å². The van der Waals surface area contributed by atoms with E-state index in [0.717, 1.165) is 19.4 Å². The lowest BCUT2D eigenvalue weighted by Crippen LogP contribution is -2.48. The summed E-state index contributed by atoms with van der Waals surface area (Å²) in [5.41, 5.74) is 2.57. The van der Waals surface area contributed by atoms with E-state index in [1.54, 1.807) is 7.11 Å². The van der Waals surface area contributed by atoms with Crippen molar-refractivity contribution >= 4 is 5.96 Å². The van der Waals surface area contributed by atoms with Crippen LogP contribution in [0.1, 0.15) is 19.8 Å². The Morgan fingerprint density at radius 3 is 3.00 bits per heavy atom. The molecule has 0 bridgehead atoms. The van der Waals surface area contributed by atoms with Gasteiger partial charge in [-0.1, -0.05) is 0 Å². The molecule has 6 heteroatoms. The maximum Gasteiger partial charge on any atom is 0.206 e. The van der Waals surface area contributed by atoms with Crippen LogP contribution in [0.25, 0.3) is 0 Å². The number of hydrogen-bond donors (Lipinski definition) is 3. The average Bonchev–Trinajstić information content (AvgIpc) is 2.68. The first kappa shape index (κ1) is 13.2. The summed E-state index contributed by atoms with van der Waals surface area (Å²) in [4.78, 5) is 4.31. The molecule has 6 nitrogen and oxygen atoms in total. The van der Waals surface area contributed by atoms with Crippen LogP contribution in [0, 0.1) is 0 Å². The average molecular weight is 230 g/mol. The summed E-state index contributed by atoms with van der Waals surface area (Å²) in [6, 6.07) is 0.289. The zero-order valence-corrected chi connectivity index (χ0v) is 10.0. The number of rotatable bonds is 5. The second-order valence-electron chi connectivity index (χ2n) is 3.84. The lowest BCUT2D eigenvalue weighted by molar-refractivity contribution is 0.116. The van der Waals surface area contributed by atoms with Gasteiger partial charge in [-0.25, -0.2) is 5.84 Å². The SMILES string of the molecule is COCCCN=C(NN)NC1CCOC1C. The van der Waals surface area contributed by atoms with Crippen LogP contribution in [0.3, 0.4) is 0 Å². The van der Waals surface area contributed by atoms with Gasteiger partial charge in [0, 0.05) is 26.9 Å². The van der Waals surface area contributed by atoms with Crippen LogP contribution in [-0.2, 0) is 9.47 Å². The van der Waals surface area contributed by atoms with Crippen LogP contribution in [0.2, 0.25) is 0 Å². The molecule has 94 valence electrons. The third-order valence-electron chi connectivity index (χ3n) is 2.61. The minimum absolute atomic E-state index is 0.206. The Balaban J connectivity index is 2.29. The summed E-state index contributed by atoms with van der Waals surface area (Å²) in [7, 11) is 1.68. The van der Waals surface area contributed by atoms with Gasteiger partial charge in [-0.15, -0.1) is 0 Å². The minimum atomic E-state index is 0.206. The van der Waals surface area contributed by atoms with Gasteiger partial charge in [-0.3, -0.25) is 10.4 Å². The second kappa shape index (κ2) is 7.43. The van der Waals surface area contributed by atoms with Crippen molar-refractivity contribution in [3.8, 4) is 0 Å². The first-order valence-electron chi connectivity index (χ1n) is 5.66. The van der Waals surface area contributed by atoms with Gasteiger partial charge in [0.1, 0.15) is 0 Å². The molecule has 16 heavy (non-hydrogen) atoms. The standard InChI is InChI=1S/C10H22N4O2/c1-8-9(4-7-16-8)13-10(14-11)12-5-3-6-15-2/h8-9H,3-7,11H2,1-2H3,(H2,12,13,14). The zero-order valence-electron chi connectivity index (χ0n) is 10.0. The predicted molar refractivity (Wildman–Crippen MR) is 63.1 cm³/mol. The molecule has 2 atom stereocenters. The fourth-order valence-corrected chi connectivity index (χ4v) is 1.63. The summed E-state index contributed by atoms with van der Waals surface area (Å²) < 4.78 is 10.4. The minimum Gasteiger partial charge on any atom is -0.385 e. The van der Waals surface area contributed by atoms with Crippen molar-refractivity contribution in [1.29, 1.82) is 0 Å². The molecule has 1 aliphatic rings. The number of nitrogens with one attached hydrogen (secondary N) is 2. The molecule has 0 radical (unpaired) electrons. The van der Waals surface area contributed by atoms with Crippen molar-refractivity contribution in [2.75, 3.05) is 26.9 Å². The molecule has 1 fully saturated rings. The number of hydrazine groups is 1. The normalized spacial score (nSPS) is 25.8. The van der Waals surface area contributed by atoms with Crippen LogP contribution in [0.5, 0.6) is 0 Å². The van der Waals surface area contributed by atoms with Crippen LogP contribution >= 0.6 is 0 Å². The van der Waals surface area contributed by atoms with Gasteiger partial charge in [-0.05, 0) is 19.8 Å². The lowest BCUT2D eigenvalue weighted by atomic mass is 10.2. The highest BCUT2D eigenvalue weighted by Gasteiger charge is 2.24. The van der Waals surface area contributed by atoms with Crippen LogP contribution in [0.4, 0.5) is 0 Å². The van der Waals surface area contributed by atoms with Gasteiger partial charge >= 0.3 is 0 Å². The summed E-state index contributed by atoms with van der Waals surface area (Å²) in [5, 5.41) is 3.24. The Labute approximate surface area is 96.6 Å². The smallest absolute Gasteiger partial charge is 0.206 e. The molecule has 4 N–H and O–H groups in total. The van der Waals surface area contributed by atoms with E-state index in [-0.39, 0.29) is 12.1 Å². The molecule has 2 unspecified atom stereocenters. The Morgan fingerprint density at radius 2 is 2.44 bits per heavy atom. The molecule has 1 aliphatic heterocycles. The van der Waals surface area contributed by atoms with E-state index in [1.807, 2.05) is 6.92 Å². The molecule has 1 heterocycles. The van der Waals surface area contributed by atoms with Crippen LogP contribution in [0.15, 0.2) is 4.99 Å². The summed E-state index contributed by atoms with van der Waals surface area (Å²) in [5.74, 6) is 6.02. The molecule has 0 spiro atoms. The van der Waals surface area contributed by atoms with E-state index in [0.29, 0.717) is 19.1 Å². The number of methoxy groups -OCH3 is 1. The Bertz CT molecular complexity index is 223. The van der Waals surface area contributed by atoms with Crippen LogP contribution in [-0.4, -0.2) is 45.0 Å². The third kappa shape index (κ3) is 4.34. The van der Waals surface area contributed by atoms with E-state index < -0.39 is 0 Å². The highest BCUT2D eigenvalue weighted by molar-refractivity contribution is 5.79. The number of nitrogens with two attached hydrogens (primary N) is 1. The molecule has 0 aromatic rings. The van der Waals surface area contributed by atoms with E-state index in [2.05, 4.69) is 15.7 Å². The van der Waals surface area contributed by atoms with Crippen molar-refractivity contribution in [2.24, 2.45) is 10.8 Å². The third-order valence-corrected chi connectivity index (χ3v) is 2.61. The first-order valence-corrected chi connectivity index (χ1v) is 5.66. The summed E-state index contributed by atoms with van der Waals surface area (Å²) >= 11 is 0. The molecule has 1 saturated heterocycles. The van der Waals surface area contributed by atoms with Gasteiger partial charge < -0.3 is 14.8 Å². The van der Waals surface area contributed by atoms with E-state index in [4.69, 9.17) is 15.3 Å². The van der Waals surface area contributed by atoms with E-state index in [9.17, 15) is 0 Å². The highest BCUT2D eigenvalue weighted by Crippen LogP contribution is 2.11. The zero-order chi connectivity index (χ0) is 11.8. The molecule has 0 saturated carbocycles. The Morgan fingerprint density at radius 1 is 1.62 bits per heavy atom. The number of ether oxygens (including phenoxy) is 2. The van der Waals surface area contributed by atoms with Gasteiger partial charge in [0.15, 0.2) is 0 Å². The molecule has 0 aliphatic carbocycles. The van der Waals surface area contributed by atoms with Gasteiger partial charge in [0.2, 0.25) is 5.96 Å². The largest absolute Gasteiger partial charge is 0.385 e. The maximum atomic E-state index is 5.45. The molecule has 0 aromatic carbocycles. The Kier molecular flexibility index (Phi) is 6.14. The number of hydrogen-bond acceptors (Lipinski definition) is 4.